The molecule has 0 aromatic rings. The van der Waals surface area contributed by atoms with Crippen LogP contribution in [0.2, 0.25) is 0 Å². The monoisotopic (exact) mass is 180 g/mol. The Morgan fingerprint density at radius 2 is 2.15 bits per heavy atom. The van der Waals surface area contributed by atoms with Crippen LogP contribution in [0.1, 0.15) is 19.8 Å². The fourth-order valence-corrected chi connectivity index (χ4v) is 1.86. The summed E-state index contributed by atoms with van der Waals surface area (Å²) in [5, 5.41) is 3.38. The number of nitrogens with one attached hydrogen (secondary N) is 1. The topological polar surface area (TPSA) is 15.3 Å². The molecule has 1 heterocycles. The molecule has 1 saturated heterocycles. The first-order valence-corrected chi connectivity index (χ1v) is 5.23. The molecule has 74 valence electrons. The second-order valence-electron chi connectivity index (χ2n) is 3.73. The molecule has 0 radical (unpaired) electrons. The van der Waals surface area contributed by atoms with Gasteiger partial charge in [0.2, 0.25) is 0 Å². The summed E-state index contributed by atoms with van der Waals surface area (Å²) in [5.41, 5.74) is 0. The lowest BCUT2D eigenvalue weighted by Gasteiger charge is -2.28. The molecular formula is C11H20N2. The largest absolute Gasteiger partial charge is 0.317 e. The minimum Gasteiger partial charge on any atom is -0.317 e. The summed E-state index contributed by atoms with van der Waals surface area (Å²) < 4.78 is 0. The highest BCUT2D eigenvalue weighted by Crippen LogP contribution is 2.12. The van der Waals surface area contributed by atoms with Crippen molar-refractivity contribution in [1.29, 1.82) is 0 Å². The van der Waals surface area contributed by atoms with E-state index in [4.69, 9.17) is 6.42 Å². The van der Waals surface area contributed by atoms with Gasteiger partial charge in [-0.05, 0) is 38.4 Å². The van der Waals surface area contributed by atoms with E-state index in [1.807, 2.05) is 0 Å². The Kier molecular flexibility index (Phi) is 4.88. The molecular weight excluding hydrogens is 160 g/mol. The highest BCUT2D eigenvalue weighted by Gasteiger charge is 2.15. The molecule has 2 heteroatoms. The van der Waals surface area contributed by atoms with Crippen LogP contribution in [0.15, 0.2) is 0 Å². The zero-order valence-electron chi connectivity index (χ0n) is 8.55. The van der Waals surface area contributed by atoms with Crippen molar-refractivity contribution < 1.29 is 0 Å². The number of hydrogen-bond acceptors (Lipinski definition) is 2. The van der Waals surface area contributed by atoms with Crippen LogP contribution in [0.3, 0.4) is 0 Å². The average Bonchev–Trinajstić information content (AvgIpc) is 2.19. The second kappa shape index (κ2) is 6.01. The molecule has 13 heavy (non-hydrogen) atoms. The third kappa shape index (κ3) is 3.80. The van der Waals surface area contributed by atoms with Crippen LogP contribution in [-0.4, -0.2) is 37.6 Å². The van der Waals surface area contributed by atoms with Crippen LogP contribution >= 0.6 is 0 Å². The van der Waals surface area contributed by atoms with Gasteiger partial charge in [-0.3, -0.25) is 4.90 Å². The van der Waals surface area contributed by atoms with Gasteiger partial charge >= 0.3 is 0 Å². The van der Waals surface area contributed by atoms with Crippen molar-refractivity contribution in [2.24, 2.45) is 5.92 Å². The Hall–Kier alpha value is -0.520. The molecule has 1 fully saturated rings. The Bertz CT molecular complexity index is 165. The number of hydrogen-bond donors (Lipinski definition) is 1. The number of terminal acetylenes is 1. The maximum absolute atomic E-state index is 5.31. The molecule has 1 rings (SSSR count). The quantitative estimate of drug-likeness (QED) is 0.648. The maximum atomic E-state index is 5.31. The van der Waals surface area contributed by atoms with Gasteiger partial charge in [0.1, 0.15) is 0 Å². The fourth-order valence-electron chi connectivity index (χ4n) is 1.86. The average molecular weight is 180 g/mol. The predicted molar refractivity (Wildman–Crippen MR) is 56.5 cm³/mol. The first-order valence-electron chi connectivity index (χ1n) is 5.23. The third-order valence-corrected chi connectivity index (χ3v) is 2.74. The van der Waals surface area contributed by atoms with Crippen LogP contribution in [0.25, 0.3) is 0 Å². The molecule has 0 unspecified atom stereocenters. The summed E-state index contributed by atoms with van der Waals surface area (Å²) in [7, 11) is 0. The molecule has 1 aliphatic heterocycles. The van der Waals surface area contributed by atoms with Crippen molar-refractivity contribution in [3.8, 4) is 12.3 Å². The molecule has 0 aromatic heterocycles. The van der Waals surface area contributed by atoms with Crippen molar-refractivity contribution in [3.63, 3.8) is 0 Å². The van der Waals surface area contributed by atoms with Gasteiger partial charge in [0.05, 0.1) is 6.54 Å². The minimum absolute atomic E-state index is 0.806. The Morgan fingerprint density at radius 3 is 2.69 bits per heavy atom. The molecule has 0 bridgehead atoms. The van der Waals surface area contributed by atoms with E-state index < -0.39 is 0 Å². The van der Waals surface area contributed by atoms with E-state index in [2.05, 4.69) is 23.1 Å². The van der Waals surface area contributed by atoms with Gasteiger partial charge in [0, 0.05) is 6.54 Å². The lowest BCUT2D eigenvalue weighted by Crippen LogP contribution is -2.36. The number of rotatable bonds is 4. The molecule has 0 amide bonds. The van der Waals surface area contributed by atoms with Crippen molar-refractivity contribution in [3.05, 3.63) is 0 Å². The van der Waals surface area contributed by atoms with Gasteiger partial charge in [-0.2, -0.15) is 0 Å². The van der Waals surface area contributed by atoms with Crippen molar-refractivity contribution in [2.45, 2.75) is 19.8 Å². The van der Waals surface area contributed by atoms with Gasteiger partial charge in [-0.25, -0.2) is 0 Å². The Labute approximate surface area is 81.7 Å². The standard InChI is InChI=1S/C11H20N2/c1-3-9-13(4-2)10-11-5-7-12-8-6-11/h1,11-12H,4-10H2,2H3. The summed E-state index contributed by atoms with van der Waals surface area (Å²) >= 11 is 0. The molecule has 0 aromatic carbocycles. The van der Waals surface area contributed by atoms with Crippen molar-refractivity contribution in [2.75, 3.05) is 32.7 Å². The highest BCUT2D eigenvalue weighted by molar-refractivity contribution is 4.88. The van der Waals surface area contributed by atoms with Gasteiger partial charge in [-0.1, -0.05) is 12.8 Å². The van der Waals surface area contributed by atoms with Gasteiger partial charge in [-0.15, -0.1) is 6.42 Å². The second-order valence-corrected chi connectivity index (χ2v) is 3.73. The summed E-state index contributed by atoms with van der Waals surface area (Å²) in [6, 6.07) is 0. The Balaban J connectivity index is 2.23. The molecule has 0 atom stereocenters. The van der Waals surface area contributed by atoms with E-state index in [1.165, 1.54) is 32.5 Å². The van der Waals surface area contributed by atoms with Crippen LogP contribution < -0.4 is 5.32 Å². The fraction of sp³-hybridized carbons (Fsp3) is 0.818. The number of nitrogens with zero attached hydrogens (tertiary/aromatic N) is 1. The van der Waals surface area contributed by atoms with Crippen molar-refractivity contribution >= 4 is 0 Å². The SMILES string of the molecule is C#CCN(CC)CC1CCNCC1. The molecule has 1 aliphatic rings. The van der Waals surface area contributed by atoms with E-state index in [9.17, 15) is 0 Å². The van der Waals surface area contributed by atoms with Crippen LogP contribution in [0.4, 0.5) is 0 Å². The summed E-state index contributed by atoms with van der Waals surface area (Å²) in [5.74, 6) is 3.57. The lowest BCUT2D eigenvalue weighted by molar-refractivity contribution is 0.233. The molecule has 0 spiro atoms. The summed E-state index contributed by atoms with van der Waals surface area (Å²) in [4.78, 5) is 2.36. The van der Waals surface area contributed by atoms with E-state index in [1.54, 1.807) is 0 Å². The maximum Gasteiger partial charge on any atom is 0.0598 e. The lowest BCUT2D eigenvalue weighted by atomic mass is 9.97. The van der Waals surface area contributed by atoms with E-state index in [0.29, 0.717) is 0 Å². The highest BCUT2D eigenvalue weighted by atomic mass is 15.1. The summed E-state index contributed by atoms with van der Waals surface area (Å²) in [6.45, 7) is 7.60. The zero-order chi connectivity index (χ0) is 9.52. The molecule has 0 aliphatic carbocycles. The van der Waals surface area contributed by atoms with E-state index in [-0.39, 0.29) is 0 Å². The number of piperidine rings is 1. The van der Waals surface area contributed by atoms with Gasteiger partial charge in [0.25, 0.3) is 0 Å². The van der Waals surface area contributed by atoms with Crippen LogP contribution in [-0.2, 0) is 0 Å². The van der Waals surface area contributed by atoms with Gasteiger partial charge < -0.3 is 5.32 Å². The van der Waals surface area contributed by atoms with E-state index in [0.717, 1.165) is 19.0 Å². The normalized spacial score (nSPS) is 18.8. The summed E-state index contributed by atoms with van der Waals surface area (Å²) in [6.07, 6.45) is 7.92. The van der Waals surface area contributed by atoms with Gasteiger partial charge in [0.15, 0.2) is 0 Å². The molecule has 2 nitrogen and oxygen atoms in total. The van der Waals surface area contributed by atoms with Crippen LogP contribution in [0.5, 0.6) is 0 Å². The smallest absolute Gasteiger partial charge is 0.0598 e. The van der Waals surface area contributed by atoms with E-state index >= 15 is 0 Å². The van der Waals surface area contributed by atoms with Crippen LogP contribution in [0, 0.1) is 18.3 Å². The molecule has 0 saturated carbocycles. The molecule has 1 N–H and O–H groups in total. The first kappa shape index (κ1) is 10.6. The third-order valence-electron chi connectivity index (χ3n) is 2.74. The zero-order valence-corrected chi connectivity index (χ0v) is 8.55. The van der Waals surface area contributed by atoms with Crippen molar-refractivity contribution in [1.82, 2.24) is 10.2 Å². The Morgan fingerprint density at radius 1 is 1.46 bits per heavy atom. The first-order chi connectivity index (χ1) is 6.36. The minimum atomic E-state index is 0.806. The predicted octanol–water partition coefficient (Wildman–Crippen LogP) is 0.941.